The van der Waals surface area contributed by atoms with E-state index in [1.54, 1.807) is 31.7 Å². The molecule has 1 saturated heterocycles. The number of benzene rings is 1. The van der Waals surface area contributed by atoms with Crippen LogP contribution < -0.4 is 4.74 Å². The molecule has 3 rings (SSSR count). The summed E-state index contributed by atoms with van der Waals surface area (Å²) in [5.74, 6) is 0.876. The molecule has 0 saturated carbocycles. The topological polar surface area (TPSA) is 45.7 Å². The molecule has 136 valence electrons. The third-order valence-electron chi connectivity index (χ3n) is 4.42. The molecule has 0 unspecified atom stereocenters. The number of hydrogen-bond donors (Lipinski definition) is 0. The standard InChI is InChI=1S/C20H22ClN3O2/c1-26-19-6-5-18(21)13-17(19)15-23-9-11-24(12-10-23)20(25)7-4-16-3-2-8-22-14-16/h2-8,13-14H,9-12,15H2,1H3/b7-4+. The average Bonchev–Trinajstić information content (AvgIpc) is 2.68. The van der Waals surface area contributed by atoms with E-state index in [4.69, 9.17) is 16.3 Å². The number of methoxy groups -OCH3 is 1. The van der Waals surface area contributed by atoms with Gasteiger partial charge in [-0.05, 0) is 35.9 Å². The molecule has 0 radical (unpaired) electrons. The molecule has 1 aromatic carbocycles. The fourth-order valence-electron chi connectivity index (χ4n) is 2.99. The fraction of sp³-hybridized carbons (Fsp3) is 0.300. The van der Waals surface area contributed by atoms with Gasteiger partial charge in [0.1, 0.15) is 5.75 Å². The number of hydrogen-bond acceptors (Lipinski definition) is 4. The maximum atomic E-state index is 12.3. The Kier molecular flexibility index (Phi) is 6.26. The molecule has 0 aliphatic carbocycles. The number of ether oxygens (including phenoxy) is 1. The van der Waals surface area contributed by atoms with Crippen molar-refractivity contribution in [3.63, 3.8) is 0 Å². The van der Waals surface area contributed by atoms with Crippen LogP contribution in [0.2, 0.25) is 5.02 Å². The predicted molar refractivity (Wildman–Crippen MR) is 103 cm³/mol. The summed E-state index contributed by atoms with van der Waals surface area (Å²) in [6.07, 6.45) is 6.87. The van der Waals surface area contributed by atoms with Crippen molar-refractivity contribution in [2.45, 2.75) is 6.54 Å². The van der Waals surface area contributed by atoms with Crippen LogP contribution in [0.25, 0.3) is 6.08 Å². The van der Waals surface area contributed by atoms with Gasteiger partial charge in [0.2, 0.25) is 5.91 Å². The number of amides is 1. The number of carbonyl (C=O) groups is 1. The van der Waals surface area contributed by atoms with Gasteiger partial charge in [0.25, 0.3) is 0 Å². The Balaban J connectivity index is 1.53. The van der Waals surface area contributed by atoms with E-state index in [9.17, 15) is 4.79 Å². The van der Waals surface area contributed by atoms with Gasteiger partial charge in [-0.15, -0.1) is 0 Å². The van der Waals surface area contributed by atoms with Gasteiger partial charge in [-0.25, -0.2) is 0 Å². The molecule has 1 fully saturated rings. The van der Waals surface area contributed by atoms with E-state index >= 15 is 0 Å². The number of carbonyl (C=O) groups excluding carboxylic acids is 1. The number of rotatable bonds is 5. The molecule has 2 heterocycles. The Morgan fingerprint density at radius 1 is 1.27 bits per heavy atom. The van der Waals surface area contributed by atoms with Gasteiger partial charge in [-0.1, -0.05) is 17.7 Å². The molecule has 0 bridgehead atoms. The highest BCUT2D eigenvalue weighted by atomic mass is 35.5. The summed E-state index contributed by atoms with van der Waals surface area (Å²) in [6, 6.07) is 9.43. The quantitative estimate of drug-likeness (QED) is 0.758. The van der Waals surface area contributed by atoms with Crippen molar-refractivity contribution in [3.8, 4) is 5.75 Å². The number of nitrogens with zero attached hydrogens (tertiary/aromatic N) is 3. The summed E-state index contributed by atoms with van der Waals surface area (Å²) < 4.78 is 5.41. The van der Waals surface area contributed by atoms with Crippen LogP contribution >= 0.6 is 11.6 Å². The first-order valence-corrected chi connectivity index (χ1v) is 8.95. The van der Waals surface area contributed by atoms with E-state index in [1.165, 1.54) is 0 Å². The van der Waals surface area contributed by atoms with E-state index in [0.29, 0.717) is 18.1 Å². The van der Waals surface area contributed by atoms with Crippen LogP contribution in [0, 0.1) is 0 Å². The predicted octanol–water partition coefficient (Wildman–Crippen LogP) is 3.10. The Morgan fingerprint density at radius 3 is 2.77 bits per heavy atom. The third kappa shape index (κ3) is 4.84. The highest BCUT2D eigenvalue weighted by Crippen LogP contribution is 2.24. The van der Waals surface area contributed by atoms with Gasteiger partial charge in [0.15, 0.2) is 0 Å². The molecular formula is C20H22ClN3O2. The van der Waals surface area contributed by atoms with E-state index < -0.39 is 0 Å². The summed E-state index contributed by atoms with van der Waals surface area (Å²) in [5.41, 5.74) is 1.99. The Bertz CT molecular complexity index is 772. The lowest BCUT2D eigenvalue weighted by Gasteiger charge is -2.34. The van der Waals surface area contributed by atoms with E-state index in [1.807, 2.05) is 35.2 Å². The van der Waals surface area contributed by atoms with Crippen molar-refractivity contribution in [2.75, 3.05) is 33.3 Å². The van der Waals surface area contributed by atoms with E-state index in [2.05, 4.69) is 9.88 Å². The maximum absolute atomic E-state index is 12.3. The SMILES string of the molecule is COc1ccc(Cl)cc1CN1CCN(C(=O)/C=C/c2cccnc2)CC1. The van der Waals surface area contributed by atoms with Crippen LogP contribution in [-0.2, 0) is 11.3 Å². The Hall–Kier alpha value is -2.37. The lowest BCUT2D eigenvalue weighted by Crippen LogP contribution is -2.47. The minimum atomic E-state index is 0.0360. The highest BCUT2D eigenvalue weighted by Gasteiger charge is 2.20. The normalized spacial score (nSPS) is 15.4. The zero-order valence-electron chi connectivity index (χ0n) is 14.8. The summed E-state index contributed by atoms with van der Waals surface area (Å²) in [4.78, 5) is 20.6. The van der Waals surface area contributed by atoms with Crippen molar-refractivity contribution in [1.29, 1.82) is 0 Å². The number of piperazine rings is 1. The van der Waals surface area contributed by atoms with Crippen molar-refractivity contribution in [1.82, 2.24) is 14.8 Å². The first kappa shape index (κ1) is 18.4. The first-order chi connectivity index (χ1) is 12.7. The highest BCUT2D eigenvalue weighted by molar-refractivity contribution is 6.30. The first-order valence-electron chi connectivity index (χ1n) is 8.57. The van der Waals surface area contributed by atoms with Gasteiger partial charge in [0.05, 0.1) is 7.11 Å². The molecular weight excluding hydrogens is 350 g/mol. The van der Waals surface area contributed by atoms with Crippen LogP contribution in [0.1, 0.15) is 11.1 Å². The van der Waals surface area contributed by atoms with Crippen LogP contribution in [0.5, 0.6) is 5.75 Å². The molecule has 1 aliphatic heterocycles. The largest absolute Gasteiger partial charge is 0.496 e. The molecule has 0 atom stereocenters. The van der Waals surface area contributed by atoms with Crippen molar-refractivity contribution >= 4 is 23.6 Å². The summed E-state index contributed by atoms with van der Waals surface area (Å²) >= 11 is 6.10. The second-order valence-corrected chi connectivity index (χ2v) is 6.61. The van der Waals surface area contributed by atoms with Gasteiger partial charge in [-0.2, -0.15) is 0 Å². The lowest BCUT2D eigenvalue weighted by atomic mass is 10.1. The molecule has 5 nitrogen and oxygen atoms in total. The number of halogens is 1. The van der Waals surface area contributed by atoms with E-state index in [0.717, 1.165) is 36.5 Å². The number of pyridine rings is 1. The van der Waals surface area contributed by atoms with Crippen molar-refractivity contribution < 1.29 is 9.53 Å². The summed E-state index contributed by atoms with van der Waals surface area (Å²) in [5, 5.41) is 0.704. The van der Waals surface area contributed by atoms with Gasteiger partial charge >= 0.3 is 0 Å². The van der Waals surface area contributed by atoms with Gasteiger partial charge < -0.3 is 9.64 Å². The van der Waals surface area contributed by atoms with Crippen LogP contribution in [0.3, 0.4) is 0 Å². The Labute approximate surface area is 158 Å². The zero-order valence-corrected chi connectivity index (χ0v) is 15.5. The zero-order chi connectivity index (χ0) is 18.4. The smallest absolute Gasteiger partial charge is 0.246 e. The third-order valence-corrected chi connectivity index (χ3v) is 4.66. The average molecular weight is 372 g/mol. The molecule has 1 aliphatic rings. The minimum Gasteiger partial charge on any atom is -0.496 e. The maximum Gasteiger partial charge on any atom is 0.246 e. The molecule has 1 aromatic heterocycles. The fourth-order valence-corrected chi connectivity index (χ4v) is 3.18. The molecule has 2 aromatic rings. The van der Waals surface area contributed by atoms with Gasteiger partial charge in [0, 0.05) is 61.8 Å². The van der Waals surface area contributed by atoms with Crippen LogP contribution in [0.4, 0.5) is 0 Å². The molecule has 0 N–H and O–H groups in total. The second kappa shape index (κ2) is 8.83. The van der Waals surface area contributed by atoms with Crippen LogP contribution in [0.15, 0.2) is 48.8 Å². The molecule has 26 heavy (non-hydrogen) atoms. The summed E-state index contributed by atoms with van der Waals surface area (Å²) in [6.45, 7) is 3.82. The molecule has 1 amide bonds. The van der Waals surface area contributed by atoms with Crippen molar-refractivity contribution in [2.24, 2.45) is 0 Å². The Morgan fingerprint density at radius 2 is 2.08 bits per heavy atom. The van der Waals surface area contributed by atoms with Gasteiger partial charge in [-0.3, -0.25) is 14.7 Å². The van der Waals surface area contributed by atoms with E-state index in [-0.39, 0.29) is 5.91 Å². The minimum absolute atomic E-state index is 0.0360. The lowest BCUT2D eigenvalue weighted by molar-refractivity contribution is -0.127. The molecule has 6 heteroatoms. The summed E-state index contributed by atoms with van der Waals surface area (Å²) in [7, 11) is 1.66. The van der Waals surface area contributed by atoms with Crippen LogP contribution in [-0.4, -0.2) is 54.0 Å². The second-order valence-electron chi connectivity index (χ2n) is 6.18. The van der Waals surface area contributed by atoms with Crippen molar-refractivity contribution in [3.05, 3.63) is 65.0 Å². The monoisotopic (exact) mass is 371 g/mol. The number of aromatic nitrogens is 1. The molecule has 0 spiro atoms.